The summed E-state index contributed by atoms with van der Waals surface area (Å²) in [5.41, 5.74) is 0.445. The average molecular weight is 439 g/mol. The number of carbonyl (C=O) groups is 1. The van der Waals surface area contributed by atoms with Gasteiger partial charge < -0.3 is 9.47 Å². The molecule has 0 fully saturated rings. The molecule has 0 aliphatic heterocycles. The van der Waals surface area contributed by atoms with Gasteiger partial charge in [0, 0.05) is 10.6 Å². The second-order valence-electron chi connectivity index (χ2n) is 5.69. The SMILES string of the molecule is O=CC=C(c1ccc(Cl)cc1)c1cc(OCC(F)(F)F)ccc1OCC(F)(F)F. The van der Waals surface area contributed by atoms with E-state index in [1.165, 1.54) is 24.3 Å². The van der Waals surface area contributed by atoms with E-state index in [-0.39, 0.29) is 22.6 Å². The predicted octanol–water partition coefficient (Wildman–Crippen LogP) is 5.85. The van der Waals surface area contributed by atoms with Crippen LogP contribution >= 0.6 is 11.6 Å². The Kier molecular flexibility index (Phi) is 7.18. The van der Waals surface area contributed by atoms with Crippen LogP contribution in [0.1, 0.15) is 11.1 Å². The van der Waals surface area contributed by atoms with Crippen molar-refractivity contribution in [2.45, 2.75) is 12.4 Å². The predicted molar refractivity (Wildman–Crippen MR) is 94.1 cm³/mol. The van der Waals surface area contributed by atoms with Crippen LogP contribution in [0.5, 0.6) is 11.5 Å². The Labute approximate surface area is 166 Å². The van der Waals surface area contributed by atoms with E-state index in [9.17, 15) is 31.1 Å². The summed E-state index contributed by atoms with van der Waals surface area (Å²) in [6.45, 7) is -3.22. The highest BCUT2D eigenvalue weighted by molar-refractivity contribution is 6.30. The fraction of sp³-hybridized carbons (Fsp3) is 0.211. The standard InChI is InChI=1S/C19H13ClF6O3/c20-13-3-1-12(2-4-13)15(7-8-27)16-9-14(28-10-18(21,22)23)5-6-17(16)29-11-19(24,25)26/h1-9H,10-11H2. The van der Waals surface area contributed by atoms with Crippen LogP contribution in [0, 0.1) is 0 Å². The molecule has 0 atom stereocenters. The van der Waals surface area contributed by atoms with Gasteiger partial charge in [0.25, 0.3) is 0 Å². The lowest BCUT2D eigenvalue weighted by atomic mass is 9.96. The number of benzene rings is 2. The maximum atomic E-state index is 12.6. The van der Waals surface area contributed by atoms with Gasteiger partial charge >= 0.3 is 12.4 Å². The number of allylic oxidation sites excluding steroid dienone is 1. The third-order valence-corrected chi connectivity index (χ3v) is 3.68. The molecular weight excluding hydrogens is 426 g/mol. The van der Waals surface area contributed by atoms with Gasteiger partial charge in [-0.2, -0.15) is 26.3 Å². The number of rotatable bonds is 7. The van der Waals surface area contributed by atoms with Gasteiger partial charge in [-0.1, -0.05) is 23.7 Å². The van der Waals surface area contributed by atoms with Crippen molar-refractivity contribution >= 4 is 23.5 Å². The minimum atomic E-state index is -4.64. The fourth-order valence-corrected chi connectivity index (χ4v) is 2.42. The van der Waals surface area contributed by atoms with E-state index in [1.807, 2.05) is 0 Å². The Hall–Kier alpha value is -2.68. The quantitative estimate of drug-likeness (QED) is 0.309. The van der Waals surface area contributed by atoms with Crippen LogP contribution in [0.4, 0.5) is 26.3 Å². The van der Waals surface area contributed by atoms with Crippen molar-refractivity contribution in [1.29, 1.82) is 0 Å². The lowest BCUT2D eigenvalue weighted by molar-refractivity contribution is -0.154. The first-order chi connectivity index (χ1) is 13.5. The maximum absolute atomic E-state index is 12.6. The molecule has 0 saturated carbocycles. The van der Waals surface area contributed by atoms with E-state index in [0.29, 0.717) is 16.9 Å². The van der Waals surface area contributed by atoms with Gasteiger partial charge in [0.2, 0.25) is 0 Å². The molecular formula is C19H13ClF6O3. The molecule has 0 saturated heterocycles. The number of hydrogen-bond donors (Lipinski definition) is 0. The molecule has 3 nitrogen and oxygen atoms in total. The van der Waals surface area contributed by atoms with E-state index in [2.05, 4.69) is 4.74 Å². The average Bonchev–Trinajstić information content (AvgIpc) is 2.63. The molecule has 2 aromatic carbocycles. The normalized spacial score (nSPS) is 12.6. The number of hydrogen-bond acceptors (Lipinski definition) is 3. The first-order valence-corrected chi connectivity index (χ1v) is 8.31. The highest BCUT2D eigenvalue weighted by Gasteiger charge is 2.30. The molecule has 2 aromatic rings. The Morgan fingerprint density at radius 1 is 0.897 bits per heavy atom. The second-order valence-corrected chi connectivity index (χ2v) is 6.13. The fourth-order valence-electron chi connectivity index (χ4n) is 2.30. The number of halogens is 7. The highest BCUT2D eigenvalue weighted by atomic mass is 35.5. The van der Waals surface area contributed by atoms with E-state index in [1.54, 1.807) is 0 Å². The third kappa shape index (κ3) is 7.34. The Bertz CT molecular complexity index is 873. The summed E-state index contributed by atoms with van der Waals surface area (Å²) in [6.07, 6.45) is -7.81. The molecule has 0 N–H and O–H groups in total. The molecule has 0 aromatic heterocycles. The minimum absolute atomic E-state index is 0.0525. The Morgan fingerprint density at radius 3 is 2.03 bits per heavy atom. The first kappa shape index (κ1) is 22.6. The van der Waals surface area contributed by atoms with Crippen molar-refractivity contribution in [1.82, 2.24) is 0 Å². The molecule has 0 radical (unpaired) electrons. The lowest BCUT2D eigenvalue weighted by Gasteiger charge is -2.17. The molecule has 29 heavy (non-hydrogen) atoms. The molecule has 2 rings (SSSR count). The number of ether oxygens (including phenoxy) is 2. The zero-order valence-corrected chi connectivity index (χ0v) is 15.2. The summed E-state index contributed by atoms with van der Waals surface area (Å²) in [7, 11) is 0. The molecule has 0 bridgehead atoms. The van der Waals surface area contributed by atoms with Crippen LogP contribution in [0.15, 0.2) is 48.5 Å². The van der Waals surface area contributed by atoms with Gasteiger partial charge in [-0.25, -0.2) is 0 Å². The Morgan fingerprint density at radius 2 is 1.48 bits per heavy atom. The molecule has 0 aliphatic rings. The van der Waals surface area contributed by atoms with Gasteiger partial charge in [0.1, 0.15) is 17.8 Å². The highest BCUT2D eigenvalue weighted by Crippen LogP contribution is 2.35. The van der Waals surface area contributed by atoms with Crippen LogP contribution in [0.25, 0.3) is 5.57 Å². The van der Waals surface area contributed by atoms with Crippen LogP contribution < -0.4 is 9.47 Å². The molecule has 10 heteroatoms. The topological polar surface area (TPSA) is 35.5 Å². The van der Waals surface area contributed by atoms with Crippen molar-refractivity contribution in [3.63, 3.8) is 0 Å². The molecule has 0 spiro atoms. The number of aldehydes is 1. The zero-order chi connectivity index (χ0) is 21.7. The van der Waals surface area contributed by atoms with Crippen molar-refractivity contribution in [2.24, 2.45) is 0 Å². The van der Waals surface area contributed by atoms with Crippen LogP contribution in [0.2, 0.25) is 5.02 Å². The monoisotopic (exact) mass is 438 g/mol. The van der Waals surface area contributed by atoms with Gasteiger partial charge in [-0.05, 0) is 47.5 Å². The van der Waals surface area contributed by atoms with E-state index in [4.69, 9.17) is 16.3 Å². The summed E-state index contributed by atoms with van der Waals surface area (Å²) in [5.74, 6) is -0.549. The Balaban J connectivity index is 2.50. The summed E-state index contributed by atoms with van der Waals surface area (Å²) in [4.78, 5) is 11.1. The zero-order valence-electron chi connectivity index (χ0n) is 14.5. The lowest BCUT2D eigenvalue weighted by Crippen LogP contribution is -2.20. The molecule has 0 heterocycles. The van der Waals surface area contributed by atoms with E-state index < -0.39 is 25.6 Å². The van der Waals surface area contributed by atoms with Crippen molar-refractivity contribution in [2.75, 3.05) is 13.2 Å². The third-order valence-electron chi connectivity index (χ3n) is 3.42. The van der Waals surface area contributed by atoms with Crippen LogP contribution in [-0.2, 0) is 4.79 Å². The smallest absolute Gasteiger partial charge is 0.422 e. The largest absolute Gasteiger partial charge is 0.484 e. The number of alkyl halides is 6. The van der Waals surface area contributed by atoms with Crippen molar-refractivity contribution < 1.29 is 40.6 Å². The molecule has 0 aliphatic carbocycles. The van der Waals surface area contributed by atoms with Gasteiger partial charge in [-0.15, -0.1) is 0 Å². The molecule has 0 unspecified atom stereocenters. The van der Waals surface area contributed by atoms with Crippen molar-refractivity contribution in [3.8, 4) is 11.5 Å². The van der Waals surface area contributed by atoms with Gasteiger partial charge in [-0.3, -0.25) is 4.79 Å². The van der Waals surface area contributed by atoms with E-state index >= 15 is 0 Å². The van der Waals surface area contributed by atoms with Crippen molar-refractivity contribution in [3.05, 3.63) is 64.7 Å². The minimum Gasteiger partial charge on any atom is -0.484 e. The summed E-state index contributed by atoms with van der Waals surface area (Å²) in [6, 6.07) is 9.11. The van der Waals surface area contributed by atoms with Gasteiger partial charge in [0.05, 0.1) is 0 Å². The summed E-state index contributed by atoms with van der Waals surface area (Å²) in [5, 5.41) is 0.370. The van der Waals surface area contributed by atoms with Crippen LogP contribution in [-0.4, -0.2) is 31.9 Å². The first-order valence-electron chi connectivity index (χ1n) is 7.93. The van der Waals surface area contributed by atoms with Crippen LogP contribution in [0.3, 0.4) is 0 Å². The van der Waals surface area contributed by atoms with Gasteiger partial charge in [0.15, 0.2) is 13.2 Å². The second kappa shape index (κ2) is 9.21. The summed E-state index contributed by atoms with van der Waals surface area (Å²) < 4.78 is 84.4. The molecule has 156 valence electrons. The number of carbonyl (C=O) groups excluding carboxylic acids is 1. The molecule has 0 amide bonds. The van der Waals surface area contributed by atoms with E-state index in [0.717, 1.165) is 24.3 Å². The maximum Gasteiger partial charge on any atom is 0.422 e. The summed E-state index contributed by atoms with van der Waals surface area (Å²) >= 11 is 5.81.